The van der Waals surface area contributed by atoms with Gasteiger partial charge in [0.2, 0.25) is 0 Å². The van der Waals surface area contributed by atoms with Gasteiger partial charge in [-0.3, -0.25) is 0 Å². The monoisotopic (exact) mass is 360 g/mol. The van der Waals surface area contributed by atoms with Crippen LogP contribution in [0.25, 0.3) is 0 Å². The van der Waals surface area contributed by atoms with Gasteiger partial charge in [-0.05, 0) is 29.8 Å². The molecule has 0 aromatic heterocycles. The quantitative estimate of drug-likeness (QED) is 0.786. The van der Waals surface area contributed by atoms with E-state index in [0.29, 0.717) is 16.7 Å². The first-order valence-corrected chi connectivity index (χ1v) is 6.77. The summed E-state index contributed by atoms with van der Waals surface area (Å²) in [6, 6.07) is 11.5. The molecule has 0 fully saturated rings. The smallest absolute Gasteiger partial charge is 0.404 e. The number of ether oxygens (including phenoxy) is 1. The first-order valence-electron chi connectivity index (χ1n) is 5.98. The Balaban J connectivity index is 2.18. The Morgan fingerprint density at radius 3 is 2.52 bits per heavy atom. The zero-order valence-electron chi connectivity index (χ0n) is 10.7. The van der Waals surface area contributed by atoms with E-state index in [1.807, 2.05) is 6.07 Å². The third kappa shape index (κ3) is 4.56. The lowest BCUT2D eigenvalue weighted by atomic mass is 10.2. The van der Waals surface area contributed by atoms with Gasteiger partial charge in [0.1, 0.15) is 0 Å². The fraction of sp³-hybridized carbons (Fsp3) is 0.143. The van der Waals surface area contributed by atoms with E-state index >= 15 is 0 Å². The molecule has 3 N–H and O–H groups in total. The van der Waals surface area contributed by atoms with Gasteiger partial charge < -0.3 is 15.8 Å². The predicted octanol–water partition coefficient (Wildman–Crippen LogP) is 4.54. The van der Waals surface area contributed by atoms with Crippen molar-refractivity contribution in [1.82, 2.24) is 0 Å². The molecule has 2 aromatic rings. The van der Waals surface area contributed by atoms with Crippen LogP contribution in [0.2, 0.25) is 0 Å². The molecule has 0 aliphatic carbocycles. The molecule has 0 bridgehead atoms. The van der Waals surface area contributed by atoms with Crippen molar-refractivity contribution in [2.75, 3.05) is 11.1 Å². The molecule has 0 heterocycles. The van der Waals surface area contributed by atoms with Gasteiger partial charge in [0, 0.05) is 16.7 Å². The van der Waals surface area contributed by atoms with Crippen LogP contribution >= 0.6 is 15.9 Å². The number of anilines is 2. The topological polar surface area (TPSA) is 47.3 Å². The van der Waals surface area contributed by atoms with Crippen molar-refractivity contribution in [3.8, 4) is 5.75 Å². The van der Waals surface area contributed by atoms with Crippen LogP contribution in [0.4, 0.5) is 24.5 Å². The van der Waals surface area contributed by atoms with Crippen molar-refractivity contribution in [3.05, 3.63) is 52.5 Å². The lowest BCUT2D eigenvalue weighted by molar-refractivity contribution is -0.274. The second kappa shape index (κ2) is 6.26. The molecule has 0 saturated heterocycles. The number of nitrogens with two attached hydrogens (primary N) is 1. The maximum atomic E-state index is 12.4. The van der Waals surface area contributed by atoms with Crippen molar-refractivity contribution in [3.63, 3.8) is 0 Å². The van der Waals surface area contributed by atoms with Crippen molar-refractivity contribution >= 4 is 27.3 Å². The molecule has 7 heteroatoms. The lowest BCUT2D eigenvalue weighted by Gasteiger charge is -2.15. The highest BCUT2D eigenvalue weighted by Gasteiger charge is 2.32. The van der Waals surface area contributed by atoms with Gasteiger partial charge in [0.15, 0.2) is 5.75 Å². The Hall–Kier alpha value is -1.89. The fourth-order valence-corrected chi connectivity index (χ4v) is 2.08. The molecule has 3 nitrogen and oxygen atoms in total. The molecule has 112 valence electrons. The third-order valence-electron chi connectivity index (χ3n) is 2.69. The number of hydrogen-bond acceptors (Lipinski definition) is 3. The highest BCUT2D eigenvalue weighted by Crippen LogP contribution is 2.33. The van der Waals surface area contributed by atoms with E-state index < -0.39 is 6.36 Å². The first-order chi connectivity index (χ1) is 9.85. The van der Waals surface area contributed by atoms with Crippen LogP contribution in [-0.2, 0) is 6.54 Å². The molecule has 2 rings (SSSR count). The average molecular weight is 361 g/mol. The van der Waals surface area contributed by atoms with E-state index in [2.05, 4.69) is 26.0 Å². The number of nitrogen functional groups attached to an aromatic ring is 1. The van der Waals surface area contributed by atoms with E-state index in [1.54, 1.807) is 24.3 Å². The standard InChI is InChI=1S/C14H12BrF3N2O/c15-10-5-6-12(13(7-10)21-14(16,17)18)20-8-9-3-1-2-4-11(9)19/h1-7,20H,8,19H2. The largest absolute Gasteiger partial charge is 0.573 e. The summed E-state index contributed by atoms with van der Waals surface area (Å²) >= 11 is 3.12. The Kier molecular flexibility index (Phi) is 4.62. The number of para-hydroxylation sites is 1. The molecule has 21 heavy (non-hydrogen) atoms. The zero-order valence-corrected chi connectivity index (χ0v) is 12.3. The minimum absolute atomic E-state index is 0.235. The van der Waals surface area contributed by atoms with Crippen molar-refractivity contribution < 1.29 is 17.9 Å². The molecule has 0 radical (unpaired) electrons. The van der Waals surface area contributed by atoms with Crippen LogP contribution < -0.4 is 15.8 Å². The maximum absolute atomic E-state index is 12.4. The van der Waals surface area contributed by atoms with Crippen molar-refractivity contribution in [2.45, 2.75) is 12.9 Å². The number of alkyl halides is 3. The summed E-state index contributed by atoms with van der Waals surface area (Å²) in [5.74, 6) is -0.300. The minimum atomic E-state index is -4.75. The Morgan fingerprint density at radius 2 is 1.86 bits per heavy atom. The fourth-order valence-electron chi connectivity index (χ4n) is 1.74. The van der Waals surface area contributed by atoms with Crippen LogP contribution in [0, 0.1) is 0 Å². The molecule has 0 aliphatic heterocycles. The van der Waals surface area contributed by atoms with Gasteiger partial charge in [-0.2, -0.15) is 0 Å². The molecule has 0 saturated carbocycles. The molecular formula is C14H12BrF3N2O. The summed E-state index contributed by atoms with van der Waals surface area (Å²) in [4.78, 5) is 0. The number of hydrogen-bond donors (Lipinski definition) is 2. The van der Waals surface area contributed by atoms with Crippen LogP contribution in [0.1, 0.15) is 5.56 Å². The summed E-state index contributed by atoms with van der Waals surface area (Å²) in [7, 11) is 0. The van der Waals surface area contributed by atoms with E-state index in [4.69, 9.17) is 5.73 Å². The average Bonchev–Trinajstić information content (AvgIpc) is 2.38. The van der Waals surface area contributed by atoms with E-state index in [-0.39, 0.29) is 11.4 Å². The first kappa shape index (κ1) is 15.5. The summed E-state index contributed by atoms with van der Waals surface area (Å²) in [5, 5.41) is 2.89. The minimum Gasteiger partial charge on any atom is -0.404 e. The number of nitrogens with one attached hydrogen (secondary N) is 1. The summed E-state index contributed by atoms with van der Waals surface area (Å²) < 4.78 is 41.7. The molecule has 0 spiro atoms. The number of halogens is 4. The Labute approximate surface area is 128 Å². The number of benzene rings is 2. The summed E-state index contributed by atoms with van der Waals surface area (Å²) in [6.45, 7) is 0.294. The van der Waals surface area contributed by atoms with Crippen LogP contribution in [-0.4, -0.2) is 6.36 Å². The normalized spacial score (nSPS) is 11.2. The number of rotatable bonds is 4. The van der Waals surface area contributed by atoms with E-state index in [0.717, 1.165) is 5.56 Å². The van der Waals surface area contributed by atoms with Gasteiger partial charge in [-0.25, -0.2) is 0 Å². The maximum Gasteiger partial charge on any atom is 0.573 e. The molecule has 0 atom stereocenters. The van der Waals surface area contributed by atoms with Gasteiger partial charge in [-0.15, -0.1) is 13.2 Å². The van der Waals surface area contributed by atoms with Crippen LogP contribution in [0.5, 0.6) is 5.75 Å². The SMILES string of the molecule is Nc1ccccc1CNc1ccc(Br)cc1OC(F)(F)F. The van der Waals surface area contributed by atoms with Crippen LogP contribution in [0.15, 0.2) is 46.9 Å². The van der Waals surface area contributed by atoms with Gasteiger partial charge in [0.25, 0.3) is 0 Å². The van der Waals surface area contributed by atoms with Crippen LogP contribution in [0.3, 0.4) is 0 Å². The Bertz CT molecular complexity index is 632. The molecular weight excluding hydrogens is 349 g/mol. The summed E-state index contributed by atoms with van der Waals surface area (Å²) in [5.41, 5.74) is 7.38. The summed E-state index contributed by atoms with van der Waals surface area (Å²) in [6.07, 6.45) is -4.75. The van der Waals surface area contributed by atoms with Gasteiger partial charge in [-0.1, -0.05) is 34.1 Å². The van der Waals surface area contributed by atoms with Gasteiger partial charge >= 0.3 is 6.36 Å². The molecule has 0 amide bonds. The van der Waals surface area contributed by atoms with Crippen molar-refractivity contribution in [1.29, 1.82) is 0 Å². The second-order valence-electron chi connectivity index (χ2n) is 4.24. The van der Waals surface area contributed by atoms with E-state index in [9.17, 15) is 13.2 Å². The zero-order chi connectivity index (χ0) is 15.5. The molecule has 0 unspecified atom stereocenters. The predicted molar refractivity (Wildman–Crippen MR) is 79.0 cm³/mol. The van der Waals surface area contributed by atoms with Crippen molar-refractivity contribution in [2.24, 2.45) is 0 Å². The van der Waals surface area contributed by atoms with Gasteiger partial charge in [0.05, 0.1) is 5.69 Å². The molecule has 2 aromatic carbocycles. The lowest BCUT2D eigenvalue weighted by Crippen LogP contribution is -2.18. The highest BCUT2D eigenvalue weighted by molar-refractivity contribution is 9.10. The highest BCUT2D eigenvalue weighted by atomic mass is 79.9. The third-order valence-corrected chi connectivity index (χ3v) is 3.19. The molecule has 0 aliphatic rings. The second-order valence-corrected chi connectivity index (χ2v) is 5.16. The van der Waals surface area contributed by atoms with E-state index in [1.165, 1.54) is 12.1 Å². The Morgan fingerprint density at radius 1 is 1.14 bits per heavy atom.